The first-order chi connectivity index (χ1) is 9.02. The van der Waals surface area contributed by atoms with E-state index in [1.807, 2.05) is 0 Å². The molecule has 0 radical (unpaired) electrons. The molecule has 112 valence electrons. The molecule has 0 amide bonds. The largest absolute Gasteiger partial charge is 0.395 e. The van der Waals surface area contributed by atoms with E-state index in [9.17, 15) is 10.2 Å². The van der Waals surface area contributed by atoms with Gasteiger partial charge in [-0.05, 0) is 43.4 Å². The summed E-state index contributed by atoms with van der Waals surface area (Å²) in [7, 11) is 0. The van der Waals surface area contributed by atoms with Crippen LogP contribution >= 0.6 is 0 Å². The van der Waals surface area contributed by atoms with Gasteiger partial charge in [0.2, 0.25) is 0 Å². The Kier molecular flexibility index (Phi) is 5.27. The number of rotatable bonds is 5. The predicted molar refractivity (Wildman–Crippen MR) is 78.0 cm³/mol. The molecule has 2 rings (SSSR count). The highest BCUT2D eigenvalue weighted by atomic mass is 16.3. The molecule has 0 aliphatic heterocycles. The van der Waals surface area contributed by atoms with Gasteiger partial charge in [-0.2, -0.15) is 0 Å². The Balaban J connectivity index is 1.94. The van der Waals surface area contributed by atoms with Gasteiger partial charge in [-0.1, -0.05) is 26.7 Å². The zero-order chi connectivity index (χ0) is 13.9. The van der Waals surface area contributed by atoms with Crippen molar-refractivity contribution in [2.24, 2.45) is 11.3 Å². The Labute approximate surface area is 118 Å². The second kappa shape index (κ2) is 6.55. The van der Waals surface area contributed by atoms with Crippen LogP contribution in [0.4, 0.5) is 0 Å². The van der Waals surface area contributed by atoms with Crippen molar-refractivity contribution < 1.29 is 10.2 Å². The molecule has 2 saturated carbocycles. The summed E-state index contributed by atoms with van der Waals surface area (Å²) in [6.07, 6.45) is 8.23. The molecule has 3 nitrogen and oxygen atoms in total. The van der Waals surface area contributed by atoms with Crippen LogP contribution in [-0.2, 0) is 0 Å². The Morgan fingerprint density at radius 1 is 1.16 bits per heavy atom. The van der Waals surface area contributed by atoms with Crippen LogP contribution in [0, 0.1) is 11.3 Å². The second-order valence-electron chi connectivity index (χ2n) is 7.39. The third kappa shape index (κ3) is 4.17. The lowest BCUT2D eigenvalue weighted by Crippen LogP contribution is -2.45. The van der Waals surface area contributed by atoms with Crippen LogP contribution in [-0.4, -0.2) is 47.0 Å². The normalized spacial score (nSPS) is 32.1. The van der Waals surface area contributed by atoms with Crippen molar-refractivity contribution in [2.75, 3.05) is 19.7 Å². The molecule has 0 aromatic carbocycles. The highest BCUT2D eigenvalue weighted by Gasteiger charge is 2.36. The number of aliphatic hydroxyl groups excluding tert-OH is 2. The number of nitrogens with zero attached hydrogens (tertiary/aromatic N) is 1. The van der Waals surface area contributed by atoms with Gasteiger partial charge >= 0.3 is 0 Å². The molecule has 2 fully saturated rings. The summed E-state index contributed by atoms with van der Waals surface area (Å²) < 4.78 is 0. The van der Waals surface area contributed by atoms with E-state index >= 15 is 0 Å². The lowest BCUT2D eigenvalue weighted by molar-refractivity contribution is -0.00513. The zero-order valence-electron chi connectivity index (χ0n) is 12.6. The minimum absolute atomic E-state index is 0.143. The Hall–Kier alpha value is -0.120. The SMILES string of the molecule is CC1(C)CCC(O)C(CN(CCO)C2CCCC2)C1. The van der Waals surface area contributed by atoms with E-state index < -0.39 is 0 Å². The standard InChI is InChI=1S/C16H31NO2/c1-16(2)8-7-15(19)13(11-16)12-17(9-10-18)14-5-3-4-6-14/h13-15,18-19H,3-12H2,1-2H3. The molecule has 19 heavy (non-hydrogen) atoms. The monoisotopic (exact) mass is 269 g/mol. The van der Waals surface area contributed by atoms with Gasteiger partial charge in [0.1, 0.15) is 0 Å². The molecule has 3 heteroatoms. The highest BCUT2D eigenvalue weighted by Crippen LogP contribution is 2.39. The summed E-state index contributed by atoms with van der Waals surface area (Å²) in [6, 6.07) is 0.643. The molecule has 2 aliphatic rings. The van der Waals surface area contributed by atoms with Crippen molar-refractivity contribution in [3.8, 4) is 0 Å². The van der Waals surface area contributed by atoms with Crippen molar-refractivity contribution in [1.82, 2.24) is 4.90 Å². The molecule has 2 atom stereocenters. The summed E-state index contributed by atoms with van der Waals surface area (Å²) in [5.74, 6) is 0.385. The number of aliphatic hydroxyl groups is 2. The van der Waals surface area contributed by atoms with Crippen LogP contribution in [0.25, 0.3) is 0 Å². The first kappa shape index (κ1) is 15.3. The van der Waals surface area contributed by atoms with Gasteiger partial charge in [-0.15, -0.1) is 0 Å². The average Bonchev–Trinajstić information content (AvgIpc) is 2.86. The van der Waals surface area contributed by atoms with E-state index in [-0.39, 0.29) is 12.7 Å². The first-order valence-corrected chi connectivity index (χ1v) is 8.05. The Bertz CT molecular complexity index is 274. The fourth-order valence-corrected chi connectivity index (χ4v) is 4.03. The molecule has 0 aromatic heterocycles. The molecule has 2 unspecified atom stereocenters. The quantitative estimate of drug-likeness (QED) is 0.805. The number of hydrogen-bond donors (Lipinski definition) is 2. The fraction of sp³-hybridized carbons (Fsp3) is 1.00. The molecule has 0 saturated heterocycles. The summed E-state index contributed by atoms with van der Waals surface area (Å²) in [6.45, 7) is 6.61. The van der Waals surface area contributed by atoms with Gasteiger partial charge in [-0.3, -0.25) is 4.90 Å². The zero-order valence-corrected chi connectivity index (χ0v) is 12.6. The van der Waals surface area contributed by atoms with Gasteiger partial charge in [-0.25, -0.2) is 0 Å². The molecular weight excluding hydrogens is 238 g/mol. The van der Waals surface area contributed by atoms with Crippen LogP contribution in [0.3, 0.4) is 0 Å². The third-order valence-electron chi connectivity index (χ3n) is 5.17. The fourth-order valence-electron chi connectivity index (χ4n) is 4.03. The van der Waals surface area contributed by atoms with E-state index in [2.05, 4.69) is 18.7 Å². The molecule has 0 aromatic rings. The van der Waals surface area contributed by atoms with Gasteiger partial charge in [0.25, 0.3) is 0 Å². The van der Waals surface area contributed by atoms with Crippen LogP contribution < -0.4 is 0 Å². The molecule has 0 bridgehead atoms. The maximum absolute atomic E-state index is 10.3. The van der Waals surface area contributed by atoms with E-state index in [0.29, 0.717) is 17.4 Å². The van der Waals surface area contributed by atoms with E-state index in [0.717, 1.165) is 32.4 Å². The first-order valence-electron chi connectivity index (χ1n) is 8.05. The van der Waals surface area contributed by atoms with Gasteiger partial charge < -0.3 is 10.2 Å². The topological polar surface area (TPSA) is 43.7 Å². The molecule has 0 spiro atoms. The Morgan fingerprint density at radius 2 is 1.84 bits per heavy atom. The number of hydrogen-bond acceptors (Lipinski definition) is 3. The minimum atomic E-state index is -0.143. The summed E-state index contributed by atoms with van der Waals surface area (Å²) in [5, 5.41) is 19.6. The van der Waals surface area contributed by atoms with Gasteiger partial charge in [0.15, 0.2) is 0 Å². The molecule has 2 N–H and O–H groups in total. The van der Waals surface area contributed by atoms with E-state index in [1.54, 1.807) is 0 Å². The van der Waals surface area contributed by atoms with Crippen LogP contribution in [0.15, 0.2) is 0 Å². The maximum Gasteiger partial charge on any atom is 0.0581 e. The maximum atomic E-state index is 10.3. The van der Waals surface area contributed by atoms with Crippen LogP contribution in [0.5, 0.6) is 0 Å². The van der Waals surface area contributed by atoms with Gasteiger partial charge in [0.05, 0.1) is 12.7 Å². The Morgan fingerprint density at radius 3 is 2.47 bits per heavy atom. The predicted octanol–water partition coefficient (Wildman–Crippen LogP) is 2.41. The van der Waals surface area contributed by atoms with Crippen molar-refractivity contribution >= 4 is 0 Å². The van der Waals surface area contributed by atoms with Crippen molar-refractivity contribution in [2.45, 2.75) is 70.9 Å². The third-order valence-corrected chi connectivity index (χ3v) is 5.17. The van der Waals surface area contributed by atoms with E-state index in [4.69, 9.17) is 0 Å². The summed E-state index contributed by atoms with van der Waals surface area (Å²) in [5.41, 5.74) is 0.366. The highest BCUT2D eigenvalue weighted by molar-refractivity contribution is 4.88. The van der Waals surface area contributed by atoms with Crippen molar-refractivity contribution in [3.05, 3.63) is 0 Å². The average molecular weight is 269 g/mol. The van der Waals surface area contributed by atoms with Gasteiger partial charge in [0, 0.05) is 19.1 Å². The van der Waals surface area contributed by atoms with Crippen molar-refractivity contribution in [1.29, 1.82) is 0 Å². The smallest absolute Gasteiger partial charge is 0.0581 e. The molecule has 0 heterocycles. The second-order valence-corrected chi connectivity index (χ2v) is 7.39. The summed E-state index contributed by atoms with van der Waals surface area (Å²) >= 11 is 0. The van der Waals surface area contributed by atoms with E-state index in [1.165, 1.54) is 25.7 Å². The lowest BCUT2D eigenvalue weighted by Gasteiger charge is -2.42. The van der Waals surface area contributed by atoms with Crippen LogP contribution in [0.2, 0.25) is 0 Å². The minimum Gasteiger partial charge on any atom is -0.395 e. The molecular formula is C16H31NO2. The van der Waals surface area contributed by atoms with Crippen molar-refractivity contribution in [3.63, 3.8) is 0 Å². The summed E-state index contributed by atoms with van der Waals surface area (Å²) in [4.78, 5) is 2.45. The lowest BCUT2D eigenvalue weighted by atomic mass is 9.70. The van der Waals surface area contributed by atoms with Crippen LogP contribution in [0.1, 0.15) is 58.8 Å². The molecule has 2 aliphatic carbocycles.